The van der Waals surface area contributed by atoms with Gasteiger partial charge in [0, 0.05) is 13.1 Å². The molecule has 0 aliphatic carbocycles. The Bertz CT molecular complexity index is 1150. The van der Waals surface area contributed by atoms with Gasteiger partial charge in [-0.3, -0.25) is 4.79 Å². The van der Waals surface area contributed by atoms with Crippen molar-refractivity contribution in [3.63, 3.8) is 0 Å². The summed E-state index contributed by atoms with van der Waals surface area (Å²) in [5.74, 6) is 0.194. The summed E-state index contributed by atoms with van der Waals surface area (Å²) in [7, 11) is 0. The molecule has 2 fully saturated rings. The summed E-state index contributed by atoms with van der Waals surface area (Å²) in [5, 5.41) is 1.01. The van der Waals surface area contributed by atoms with Crippen LogP contribution in [0.25, 0.3) is 0 Å². The highest BCUT2D eigenvalue weighted by Gasteiger charge is 2.47. The molecule has 0 radical (unpaired) electrons. The van der Waals surface area contributed by atoms with E-state index in [9.17, 15) is 4.79 Å². The standard InChI is InChI=1S/C30H32Cl2N2O/c31-26-15-14-25(20-27(26)32)30(21-23-10-3-1-4-11-23)16-9-19-34(29(30)35)28(22-33-17-7-8-18-33)24-12-5-2-6-13-24/h1-6,10-15,20,28H,7-9,16-19,21-22H2/t28-,30?/m1/s1. The molecule has 0 aromatic heterocycles. The predicted octanol–water partition coefficient (Wildman–Crippen LogP) is 6.93. The number of amides is 1. The third kappa shape index (κ3) is 5.14. The van der Waals surface area contributed by atoms with Gasteiger partial charge >= 0.3 is 0 Å². The highest BCUT2D eigenvalue weighted by Crippen LogP contribution is 2.43. The summed E-state index contributed by atoms with van der Waals surface area (Å²) in [5.41, 5.74) is 2.65. The Kier molecular flexibility index (Phi) is 7.48. The van der Waals surface area contributed by atoms with Gasteiger partial charge in [0.25, 0.3) is 0 Å². The first kappa shape index (κ1) is 24.4. The lowest BCUT2D eigenvalue weighted by molar-refractivity contribution is -0.144. The van der Waals surface area contributed by atoms with E-state index in [1.807, 2.05) is 42.5 Å². The van der Waals surface area contributed by atoms with Gasteiger partial charge in [-0.15, -0.1) is 0 Å². The number of likely N-dealkylation sites (tertiary alicyclic amines) is 2. The van der Waals surface area contributed by atoms with E-state index in [1.165, 1.54) is 18.4 Å². The molecular formula is C30H32Cl2N2O. The Morgan fingerprint density at radius 2 is 1.49 bits per heavy atom. The second-order valence-electron chi connectivity index (χ2n) is 9.91. The Morgan fingerprint density at radius 1 is 0.800 bits per heavy atom. The fourth-order valence-corrected chi connectivity index (χ4v) is 6.17. The smallest absolute Gasteiger partial charge is 0.234 e. The van der Waals surface area contributed by atoms with Gasteiger partial charge in [0.1, 0.15) is 0 Å². The van der Waals surface area contributed by atoms with E-state index in [1.54, 1.807) is 0 Å². The van der Waals surface area contributed by atoms with Crippen molar-refractivity contribution in [2.24, 2.45) is 0 Å². The van der Waals surface area contributed by atoms with Gasteiger partial charge in [0.15, 0.2) is 0 Å². The number of benzene rings is 3. The van der Waals surface area contributed by atoms with Crippen LogP contribution in [0.4, 0.5) is 0 Å². The number of hydrogen-bond donors (Lipinski definition) is 0. The number of carbonyl (C=O) groups excluding carboxylic acids is 1. The van der Waals surface area contributed by atoms with Crippen molar-refractivity contribution >= 4 is 29.1 Å². The minimum absolute atomic E-state index is 0.0278. The lowest BCUT2D eigenvalue weighted by Crippen LogP contribution is -2.55. The molecule has 1 unspecified atom stereocenters. The average Bonchev–Trinajstić information content (AvgIpc) is 3.40. The fraction of sp³-hybridized carbons (Fsp3) is 0.367. The molecule has 3 aromatic rings. The van der Waals surface area contributed by atoms with Crippen LogP contribution in [0.1, 0.15) is 48.4 Å². The van der Waals surface area contributed by atoms with Crippen molar-refractivity contribution in [2.75, 3.05) is 26.2 Å². The van der Waals surface area contributed by atoms with Gasteiger partial charge in [-0.2, -0.15) is 0 Å². The largest absolute Gasteiger partial charge is 0.334 e. The van der Waals surface area contributed by atoms with E-state index in [-0.39, 0.29) is 11.9 Å². The van der Waals surface area contributed by atoms with Crippen LogP contribution in [-0.2, 0) is 16.6 Å². The number of rotatable bonds is 7. The number of hydrogen-bond acceptors (Lipinski definition) is 2. The minimum atomic E-state index is -0.675. The van der Waals surface area contributed by atoms with Crippen molar-refractivity contribution < 1.29 is 4.79 Å². The predicted molar refractivity (Wildman–Crippen MR) is 144 cm³/mol. The molecule has 1 amide bonds. The van der Waals surface area contributed by atoms with Crippen LogP contribution in [0.3, 0.4) is 0 Å². The summed E-state index contributed by atoms with van der Waals surface area (Å²) >= 11 is 12.8. The number of piperidine rings is 1. The molecule has 35 heavy (non-hydrogen) atoms. The van der Waals surface area contributed by atoms with Crippen molar-refractivity contribution in [1.82, 2.24) is 9.80 Å². The Labute approximate surface area is 218 Å². The minimum Gasteiger partial charge on any atom is -0.334 e. The molecule has 3 aromatic carbocycles. The second-order valence-corrected chi connectivity index (χ2v) is 10.7. The summed E-state index contributed by atoms with van der Waals surface area (Å²) in [6.07, 6.45) is 4.85. The molecule has 0 N–H and O–H groups in total. The maximum absolute atomic E-state index is 14.7. The van der Waals surface area contributed by atoms with E-state index in [0.717, 1.165) is 50.1 Å². The lowest BCUT2D eigenvalue weighted by Gasteiger charge is -2.46. The van der Waals surface area contributed by atoms with Crippen molar-refractivity contribution in [2.45, 2.75) is 43.6 Å². The van der Waals surface area contributed by atoms with Crippen molar-refractivity contribution in [1.29, 1.82) is 0 Å². The fourth-order valence-electron chi connectivity index (χ4n) is 5.87. The highest BCUT2D eigenvalue weighted by molar-refractivity contribution is 6.42. The normalized spacial score (nSPS) is 21.9. The Hall–Kier alpha value is -2.33. The summed E-state index contributed by atoms with van der Waals surface area (Å²) in [6.45, 7) is 3.85. The van der Waals surface area contributed by atoms with E-state index in [0.29, 0.717) is 16.5 Å². The maximum Gasteiger partial charge on any atom is 0.234 e. The third-order valence-electron chi connectivity index (χ3n) is 7.68. The zero-order chi connectivity index (χ0) is 24.3. The molecule has 0 saturated carbocycles. The molecule has 3 nitrogen and oxygen atoms in total. The van der Waals surface area contributed by atoms with Gasteiger partial charge in [-0.1, -0.05) is 89.9 Å². The van der Waals surface area contributed by atoms with Crippen LogP contribution in [0.5, 0.6) is 0 Å². The zero-order valence-electron chi connectivity index (χ0n) is 20.0. The number of carbonyl (C=O) groups is 1. The van der Waals surface area contributed by atoms with Gasteiger partial charge in [-0.25, -0.2) is 0 Å². The molecule has 5 rings (SSSR count). The molecule has 0 bridgehead atoms. The number of nitrogens with zero attached hydrogens (tertiary/aromatic N) is 2. The van der Waals surface area contributed by atoms with Gasteiger partial charge in [0.05, 0.1) is 21.5 Å². The Balaban J connectivity index is 1.57. The van der Waals surface area contributed by atoms with Crippen LogP contribution in [-0.4, -0.2) is 41.9 Å². The van der Waals surface area contributed by atoms with Crippen LogP contribution in [0, 0.1) is 0 Å². The van der Waals surface area contributed by atoms with E-state index < -0.39 is 5.41 Å². The van der Waals surface area contributed by atoms with Crippen molar-refractivity contribution in [3.05, 3.63) is 106 Å². The molecule has 5 heteroatoms. The maximum atomic E-state index is 14.7. The first-order chi connectivity index (χ1) is 17.1. The molecule has 2 atom stereocenters. The van der Waals surface area contributed by atoms with Gasteiger partial charge in [0.2, 0.25) is 5.91 Å². The Morgan fingerprint density at radius 3 is 2.17 bits per heavy atom. The molecule has 0 spiro atoms. The van der Waals surface area contributed by atoms with Crippen molar-refractivity contribution in [3.8, 4) is 0 Å². The van der Waals surface area contributed by atoms with E-state index in [4.69, 9.17) is 23.2 Å². The highest BCUT2D eigenvalue weighted by atomic mass is 35.5. The first-order valence-corrected chi connectivity index (χ1v) is 13.4. The molecule has 2 saturated heterocycles. The summed E-state index contributed by atoms with van der Waals surface area (Å²) < 4.78 is 0. The van der Waals surface area contributed by atoms with Gasteiger partial charge in [-0.05, 0) is 74.0 Å². The summed E-state index contributed by atoms with van der Waals surface area (Å²) in [6, 6.07) is 26.6. The quantitative estimate of drug-likeness (QED) is 0.346. The topological polar surface area (TPSA) is 23.6 Å². The molecule has 2 aliphatic heterocycles. The molecule has 2 heterocycles. The number of halogens is 2. The summed E-state index contributed by atoms with van der Waals surface area (Å²) in [4.78, 5) is 19.3. The van der Waals surface area contributed by atoms with Crippen LogP contribution < -0.4 is 0 Å². The van der Waals surface area contributed by atoms with E-state index >= 15 is 0 Å². The molecular weight excluding hydrogens is 475 g/mol. The molecule has 182 valence electrons. The van der Waals surface area contributed by atoms with E-state index in [2.05, 4.69) is 46.2 Å². The first-order valence-electron chi connectivity index (χ1n) is 12.6. The average molecular weight is 508 g/mol. The third-order valence-corrected chi connectivity index (χ3v) is 8.42. The van der Waals surface area contributed by atoms with Crippen LogP contribution >= 0.6 is 23.2 Å². The monoisotopic (exact) mass is 506 g/mol. The lowest BCUT2D eigenvalue weighted by atomic mass is 9.69. The second kappa shape index (κ2) is 10.7. The zero-order valence-corrected chi connectivity index (χ0v) is 21.5. The van der Waals surface area contributed by atoms with Crippen LogP contribution in [0.15, 0.2) is 78.9 Å². The molecule has 2 aliphatic rings. The SMILES string of the molecule is O=C1N([C@H](CN2CCCC2)c2ccccc2)CCCC1(Cc1ccccc1)c1ccc(Cl)c(Cl)c1. The van der Waals surface area contributed by atoms with Crippen LogP contribution in [0.2, 0.25) is 10.0 Å². The van der Waals surface area contributed by atoms with Gasteiger partial charge < -0.3 is 9.80 Å².